The van der Waals surface area contributed by atoms with Crippen LogP contribution in [0, 0.1) is 0 Å². The number of benzene rings is 2. The Bertz CT molecular complexity index is 849. The number of para-hydroxylation sites is 1. The smallest absolute Gasteiger partial charge is 0.196 e. The van der Waals surface area contributed by atoms with Crippen molar-refractivity contribution in [1.29, 1.82) is 0 Å². The lowest BCUT2D eigenvalue weighted by atomic mass is 10.2. The molecule has 0 unspecified atom stereocenters. The van der Waals surface area contributed by atoms with Crippen LogP contribution in [-0.4, -0.2) is 48.5 Å². The zero-order chi connectivity index (χ0) is 18.4. The van der Waals surface area contributed by atoms with Crippen molar-refractivity contribution >= 4 is 11.8 Å². The molecule has 3 aromatic rings. The largest absolute Gasteiger partial charge is 0.497 e. The fraction of sp³-hybridized carbons (Fsp3) is 0.263. The third-order valence-electron chi connectivity index (χ3n) is 3.83. The maximum Gasteiger partial charge on any atom is 0.196 e. The number of ether oxygens (including phenoxy) is 3. The molecule has 6 nitrogen and oxygen atoms in total. The van der Waals surface area contributed by atoms with Gasteiger partial charge in [0.2, 0.25) is 0 Å². The summed E-state index contributed by atoms with van der Waals surface area (Å²) in [5.74, 6) is 3.07. The van der Waals surface area contributed by atoms with Crippen molar-refractivity contribution < 1.29 is 14.2 Å². The van der Waals surface area contributed by atoms with Crippen LogP contribution in [0.5, 0.6) is 11.5 Å². The highest BCUT2D eigenvalue weighted by Crippen LogP contribution is 2.33. The maximum absolute atomic E-state index is 5.51. The molecule has 0 aliphatic heterocycles. The highest BCUT2D eigenvalue weighted by atomic mass is 32.2. The molecule has 0 bridgehead atoms. The van der Waals surface area contributed by atoms with Crippen molar-refractivity contribution in [2.45, 2.75) is 5.16 Å². The molecule has 2 aromatic carbocycles. The molecule has 0 amide bonds. The number of hydrogen-bond acceptors (Lipinski definition) is 6. The number of nitrogens with zero attached hydrogens (tertiary/aromatic N) is 3. The van der Waals surface area contributed by atoms with E-state index in [-0.39, 0.29) is 0 Å². The molecule has 1 heterocycles. The Labute approximate surface area is 157 Å². The zero-order valence-electron chi connectivity index (χ0n) is 15.0. The fourth-order valence-electron chi connectivity index (χ4n) is 2.55. The number of rotatable bonds is 8. The SMILES string of the molecule is COCCSc1nnc(-c2ccccc2OC)n1-c1ccc(OC)cc1. The summed E-state index contributed by atoms with van der Waals surface area (Å²) in [5.41, 5.74) is 1.84. The topological polar surface area (TPSA) is 58.4 Å². The first-order valence-corrected chi connectivity index (χ1v) is 9.12. The molecule has 0 aliphatic rings. The van der Waals surface area contributed by atoms with E-state index >= 15 is 0 Å². The first-order valence-electron chi connectivity index (χ1n) is 8.13. The molecule has 0 N–H and O–H groups in total. The Morgan fingerprint density at radius 1 is 0.923 bits per heavy atom. The second kappa shape index (κ2) is 8.73. The average Bonchev–Trinajstić information content (AvgIpc) is 3.12. The van der Waals surface area contributed by atoms with Gasteiger partial charge in [-0.25, -0.2) is 0 Å². The van der Waals surface area contributed by atoms with E-state index in [0.29, 0.717) is 6.61 Å². The molecule has 136 valence electrons. The van der Waals surface area contributed by atoms with Crippen LogP contribution in [0.2, 0.25) is 0 Å². The molecule has 3 rings (SSSR count). The molecule has 26 heavy (non-hydrogen) atoms. The molecule has 0 saturated heterocycles. The highest BCUT2D eigenvalue weighted by Gasteiger charge is 2.18. The molecule has 1 aromatic heterocycles. The van der Waals surface area contributed by atoms with Gasteiger partial charge < -0.3 is 14.2 Å². The molecular formula is C19H21N3O3S. The van der Waals surface area contributed by atoms with Gasteiger partial charge in [-0.1, -0.05) is 23.9 Å². The first kappa shape index (κ1) is 18.3. The minimum absolute atomic E-state index is 0.643. The van der Waals surface area contributed by atoms with Gasteiger partial charge in [0.05, 0.1) is 32.1 Å². The fourth-order valence-corrected chi connectivity index (χ4v) is 3.40. The van der Waals surface area contributed by atoms with Crippen LogP contribution in [0.1, 0.15) is 0 Å². The van der Waals surface area contributed by atoms with Crippen molar-refractivity contribution in [3.8, 4) is 28.6 Å². The van der Waals surface area contributed by atoms with Gasteiger partial charge in [0.15, 0.2) is 11.0 Å². The maximum atomic E-state index is 5.51. The summed E-state index contributed by atoms with van der Waals surface area (Å²) in [4.78, 5) is 0. The van der Waals surface area contributed by atoms with Crippen LogP contribution < -0.4 is 9.47 Å². The minimum atomic E-state index is 0.643. The summed E-state index contributed by atoms with van der Waals surface area (Å²) in [6, 6.07) is 15.6. The second-order valence-corrected chi connectivity index (χ2v) is 6.44. The summed E-state index contributed by atoms with van der Waals surface area (Å²) in [7, 11) is 5.00. The molecule has 0 aliphatic carbocycles. The van der Waals surface area contributed by atoms with Crippen molar-refractivity contribution in [3.63, 3.8) is 0 Å². The Kier molecular flexibility index (Phi) is 6.14. The molecular weight excluding hydrogens is 350 g/mol. The average molecular weight is 371 g/mol. The Morgan fingerprint density at radius 3 is 2.38 bits per heavy atom. The lowest BCUT2D eigenvalue weighted by Gasteiger charge is -2.13. The van der Waals surface area contributed by atoms with E-state index in [0.717, 1.165) is 39.5 Å². The normalized spacial score (nSPS) is 10.7. The Morgan fingerprint density at radius 2 is 1.69 bits per heavy atom. The van der Waals surface area contributed by atoms with Crippen LogP contribution in [0.25, 0.3) is 17.1 Å². The van der Waals surface area contributed by atoms with Crippen molar-refractivity contribution in [1.82, 2.24) is 14.8 Å². The predicted octanol–water partition coefficient (Wildman–Crippen LogP) is 3.69. The standard InChI is InChI=1S/C19H21N3O3S/c1-23-12-13-26-19-21-20-18(16-6-4-5-7-17(16)25-3)22(19)14-8-10-15(24-2)11-9-14/h4-11H,12-13H2,1-3H3. The van der Waals surface area contributed by atoms with Crippen LogP contribution in [0.15, 0.2) is 53.7 Å². The highest BCUT2D eigenvalue weighted by molar-refractivity contribution is 7.99. The monoisotopic (exact) mass is 371 g/mol. The van der Waals surface area contributed by atoms with E-state index in [2.05, 4.69) is 10.2 Å². The predicted molar refractivity (Wildman–Crippen MR) is 102 cm³/mol. The molecule has 0 spiro atoms. The van der Waals surface area contributed by atoms with Gasteiger partial charge in [-0.3, -0.25) is 4.57 Å². The van der Waals surface area contributed by atoms with Gasteiger partial charge >= 0.3 is 0 Å². The lowest BCUT2D eigenvalue weighted by molar-refractivity contribution is 0.218. The first-order chi connectivity index (χ1) is 12.8. The summed E-state index contributed by atoms with van der Waals surface area (Å²) in [5, 5.41) is 9.62. The van der Waals surface area contributed by atoms with Crippen LogP contribution in [0.4, 0.5) is 0 Å². The number of methoxy groups -OCH3 is 3. The Balaban J connectivity index is 2.09. The molecule has 0 atom stereocenters. The third-order valence-corrected chi connectivity index (χ3v) is 4.72. The van der Waals surface area contributed by atoms with E-state index in [9.17, 15) is 0 Å². The van der Waals surface area contributed by atoms with Gasteiger partial charge in [-0.15, -0.1) is 10.2 Å². The number of aromatic nitrogens is 3. The lowest BCUT2D eigenvalue weighted by Crippen LogP contribution is -2.02. The molecule has 7 heteroatoms. The summed E-state index contributed by atoms with van der Waals surface area (Å²) >= 11 is 1.60. The van der Waals surface area contributed by atoms with Crippen molar-refractivity contribution in [3.05, 3.63) is 48.5 Å². The van der Waals surface area contributed by atoms with E-state index in [1.165, 1.54) is 0 Å². The quantitative estimate of drug-likeness (QED) is 0.445. The van der Waals surface area contributed by atoms with E-state index in [1.54, 1.807) is 33.1 Å². The van der Waals surface area contributed by atoms with Gasteiger partial charge in [0.25, 0.3) is 0 Å². The van der Waals surface area contributed by atoms with Crippen LogP contribution in [-0.2, 0) is 4.74 Å². The van der Waals surface area contributed by atoms with Gasteiger partial charge in [0, 0.05) is 12.9 Å². The summed E-state index contributed by atoms with van der Waals surface area (Å²) < 4.78 is 18.0. The molecule has 0 fully saturated rings. The van der Waals surface area contributed by atoms with Gasteiger partial charge in [-0.2, -0.15) is 0 Å². The Hall–Kier alpha value is -2.51. The second-order valence-electron chi connectivity index (χ2n) is 5.38. The zero-order valence-corrected chi connectivity index (χ0v) is 15.8. The third kappa shape index (κ3) is 3.84. The van der Waals surface area contributed by atoms with Crippen LogP contribution in [0.3, 0.4) is 0 Å². The minimum Gasteiger partial charge on any atom is -0.497 e. The molecule has 0 radical (unpaired) electrons. The number of thioether (sulfide) groups is 1. The van der Waals surface area contributed by atoms with E-state index < -0.39 is 0 Å². The van der Waals surface area contributed by atoms with Crippen molar-refractivity contribution in [2.24, 2.45) is 0 Å². The van der Waals surface area contributed by atoms with E-state index in [1.807, 2.05) is 53.1 Å². The van der Waals surface area contributed by atoms with E-state index in [4.69, 9.17) is 14.2 Å². The van der Waals surface area contributed by atoms with Gasteiger partial charge in [-0.05, 0) is 36.4 Å². The summed E-state index contributed by atoms with van der Waals surface area (Å²) in [6.45, 7) is 0.643. The molecule has 0 saturated carbocycles. The number of hydrogen-bond donors (Lipinski definition) is 0. The van der Waals surface area contributed by atoms with Gasteiger partial charge in [0.1, 0.15) is 11.5 Å². The summed E-state index contributed by atoms with van der Waals surface area (Å²) in [6.07, 6.45) is 0. The van der Waals surface area contributed by atoms with Crippen molar-refractivity contribution in [2.75, 3.05) is 33.7 Å². The van der Waals surface area contributed by atoms with Crippen LogP contribution >= 0.6 is 11.8 Å².